The SMILES string of the molecule is CCN(CCc1ccccc1[N+](=O)[O-])C1CNC1. The summed E-state index contributed by atoms with van der Waals surface area (Å²) in [5, 5.41) is 14.2. The number of likely N-dealkylation sites (N-methyl/N-ethyl adjacent to an activating group) is 1. The molecule has 1 N–H and O–H groups in total. The third-order valence-corrected chi connectivity index (χ3v) is 3.54. The Hall–Kier alpha value is -1.46. The van der Waals surface area contributed by atoms with Crippen LogP contribution in [0.25, 0.3) is 0 Å². The average molecular weight is 249 g/mol. The minimum Gasteiger partial charge on any atom is -0.314 e. The van der Waals surface area contributed by atoms with E-state index >= 15 is 0 Å². The summed E-state index contributed by atoms with van der Waals surface area (Å²) in [4.78, 5) is 13.0. The van der Waals surface area contributed by atoms with Crippen molar-refractivity contribution in [3.63, 3.8) is 0 Å². The van der Waals surface area contributed by atoms with Crippen LogP contribution in [0.3, 0.4) is 0 Å². The van der Waals surface area contributed by atoms with Crippen LogP contribution in [0.4, 0.5) is 5.69 Å². The van der Waals surface area contributed by atoms with E-state index in [1.807, 2.05) is 12.1 Å². The summed E-state index contributed by atoms with van der Waals surface area (Å²) < 4.78 is 0. The molecule has 0 saturated carbocycles. The maximum atomic E-state index is 10.9. The van der Waals surface area contributed by atoms with Crippen molar-refractivity contribution >= 4 is 5.69 Å². The van der Waals surface area contributed by atoms with Gasteiger partial charge in [-0.15, -0.1) is 0 Å². The quantitative estimate of drug-likeness (QED) is 0.612. The highest BCUT2D eigenvalue weighted by Gasteiger charge is 2.23. The van der Waals surface area contributed by atoms with Crippen molar-refractivity contribution in [3.8, 4) is 0 Å². The highest BCUT2D eigenvalue weighted by molar-refractivity contribution is 5.39. The van der Waals surface area contributed by atoms with Gasteiger partial charge in [0.1, 0.15) is 0 Å². The van der Waals surface area contributed by atoms with Gasteiger partial charge in [-0.2, -0.15) is 0 Å². The van der Waals surface area contributed by atoms with Crippen LogP contribution in [0.5, 0.6) is 0 Å². The molecule has 0 aromatic heterocycles. The van der Waals surface area contributed by atoms with E-state index in [2.05, 4.69) is 17.1 Å². The zero-order chi connectivity index (χ0) is 13.0. The summed E-state index contributed by atoms with van der Waals surface area (Å²) in [6.07, 6.45) is 0.738. The van der Waals surface area contributed by atoms with Crippen molar-refractivity contribution in [1.82, 2.24) is 10.2 Å². The molecule has 0 bridgehead atoms. The van der Waals surface area contributed by atoms with Crippen LogP contribution in [0.2, 0.25) is 0 Å². The number of nitrogens with one attached hydrogen (secondary N) is 1. The summed E-state index contributed by atoms with van der Waals surface area (Å²) >= 11 is 0. The first-order valence-corrected chi connectivity index (χ1v) is 6.39. The van der Waals surface area contributed by atoms with Gasteiger partial charge in [0.25, 0.3) is 5.69 Å². The second-order valence-corrected chi connectivity index (χ2v) is 4.58. The number of hydrogen-bond acceptors (Lipinski definition) is 4. The Morgan fingerprint density at radius 1 is 1.44 bits per heavy atom. The second kappa shape index (κ2) is 5.93. The van der Waals surface area contributed by atoms with Gasteiger partial charge in [-0.3, -0.25) is 15.0 Å². The first-order chi connectivity index (χ1) is 8.72. The highest BCUT2D eigenvalue weighted by atomic mass is 16.6. The highest BCUT2D eigenvalue weighted by Crippen LogP contribution is 2.19. The molecule has 98 valence electrons. The van der Waals surface area contributed by atoms with Gasteiger partial charge < -0.3 is 5.32 Å². The zero-order valence-corrected chi connectivity index (χ0v) is 10.6. The van der Waals surface area contributed by atoms with Crippen molar-refractivity contribution in [3.05, 3.63) is 39.9 Å². The van der Waals surface area contributed by atoms with Gasteiger partial charge in [0.2, 0.25) is 0 Å². The summed E-state index contributed by atoms with van der Waals surface area (Å²) in [7, 11) is 0. The molecule has 1 aromatic rings. The van der Waals surface area contributed by atoms with Gasteiger partial charge in [0.15, 0.2) is 0 Å². The van der Waals surface area contributed by atoms with Crippen LogP contribution in [-0.4, -0.2) is 42.0 Å². The van der Waals surface area contributed by atoms with Crippen molar-refractivity contribution in [2.75, 3.05) is 26.2 Å². The molecule has 0 spiro atoms. The van der Waals surface area contributed by atoms with Crippen LogP contribution >= 0.6 is 0 Å². The van der Waals surface area contributed by atoms with E-state index in [1.54, 1.807) is 12.1 Å². The Labute approximate surface area is 107 Å². The molecule has 1 aliphatic heterocycles. The average Bonchev–Trinajstić information content (AvgIpc) is 2.32. The molecular weight excluding hydrogens is 230 g/mol. The monoisotopic (exact) mass is 249 g/mol. The van der Waals surface area contributed by atoms with Gasteiger partial charge in [-0.1, -0.05) is 25.1 Å². The van der Waals surface area contributed by atoms with E-state index in [9.17, 15) is 10.1 Å². The number of nitro groups is 1. The first kappa shape index (κ1) is 13.0. The lowest BCUT2D eigenvalue weighted by atomic mass is 10.1. The third kappa shape index (κ3) is 2.86. The molecule has 18 heavy (non-hydrogen) atoms. The molecule has 5 heteroatoms. The van der Waals surface area contributed by atoms with Gasteiger partial charge >= 0.3 is 0 Å². The fraction of sp³-hybridized carbons (Fsp3) is 0.538. The molecule has 1 fully saturated rings. The number of nitro benzene ring substituents is 1. The van der Waals surface area contributed by atoms with Gasteiger partial charge in [-0.05, 0) is 13.0 Å². The smallest absolute Gasteiger partial charge is 0.272 e. The van der Waals surface area contributed by atoms with Crippen molar-refractivity contribution < 1.29 is 4.92 Å². The van der Waals surface area contributed by atoms with Crippen molar-refractivity contribution in [2.24, 2.45) is 0 Å². The molecule has 2 rings (SSSR count). The molecular formula is C13H19N3O2. The molecule has 0 aliphatic carbocycles. The largest absolute Gasteiger partial charge is 0.314 e. The molecule has 0 radical (unpaired) electrons. The predicted octanol–water partition coefficient (Wildman–Crippen LogP) is 1.43. The molecule has 1 aromatic carbocycles. The van der Waals surface area contributed by atoms with Crippen LogP contribution in [0.15, 0.2) is 24.3 Å². The van der Waals surface area contributed by atoms with E-state index in [0.717, 1.165) is 38.2 Å². The van der Waals surface area contributed by atoms with E-state index in [-0.39, 0.29) is 10.6 Å². The van der Waals surface area contributed by atoms with E-state index in [4.69, 9.17) is 0 Å². The van der Waals surface area contributed by atoms with Crippen LogP contribution in [0.1, 0.15) is 12.5 Å². The van der Waals surface area contributed by atoms with Crippen LogP contribution in [0, 0.1) is 10.1 Å². The van der Waals surface area contributed by atoms with Gasteiger partial charge in [0.05, 0.1) is 4.92 Å². The summed E-state index contributed by atoms with van der Waals surface area (Å²) in [6, 6.07) is 7.61. The molecule has 1 saturated heterocycles. The minimum absolute atomic E-state index is 0.236. The molecule has 5 nitrogen and oxygen atoms in total. The Morgan fingerprint density at radius 3 is 2.72 bits per heavy atom. The molecule has 0 unspecified atom stereocenters. The minimum atomic E-state index is -0.295. The third-order valence-electron chi connectivity index (χ3n) is 3.54. The van der Waals surface area contributed by atoms with Crippen LogP contribution < -0.4 is 5.32 Å². The molecule has 1 aliphatic rings. The summed E-state index contributed by atoms with van der Waals surface area (Å²) in [5.41, 5.74) is 1.06. The maximum Gasteiger partial charge on any atom is 0.272 e. The lowest BCUT2D eigenvalue weighted by Crippen LogP contribution is -2.57. The maximum absolute atomic E-state index is 10.9. The predicted molar refractivity (Wildman–Crippen MR) is 70.7 cm³/mol. The van der Waals surface area contributed by atoms with Crippen molar-refractivity contribution in [1.29, 1.82) is 0 Å². The molecule has 0 amide bonds. The van der Waals surface area contributed by atoms with Crippen molar-refractivity contribution in [2.45, 2.75) is 19.4 Å². The van der Waals surface area contributed by atoms with E-state index < -0.39 is 0 Å². The normalized spacial score (nSPS) is 15.7. The Bertz CT molecular complexity index is 418. The van der Waals surface area contributed by atoms with Gasteiger partial charge in [0, 0.05) is 37.3 Å². The second-order valence-electron chi connectivity index (χ2n) is 4.58. The fourth-order valence-electron chi connectivity index (χ4n) is 2.29. The summed E-state index contributed by atoms with van der Waals surface area (Å²) in [6.45, 7) is 6.08. The molecule has 0 atom stereocenters. The summed E-state index contributed by atoms with van der Waals surface area (Å²) in [5.74, 6) is 0. The Kier molecular flexibility index (Phi) is 4.28. The number of benzene rings is 1. The fourth-order valence-corrected chi connectivity index (χ4v) is 2.29. The van der Waals surface area contributed by atoms with E-state index in [1.165, 1.54) is 0 Å². The first-order valence-electron chi connectivity index (χ1n) is 6.39. The van der Waals surface area contributed by atoms with Crippen LogP contribution in [-0.2, 0) is 6.42 Å². The standard InChI is InChI=1S/C13H19N3O2/c1-2-15(12-9-14-10-12)8-7-11-5-3-4-6-13(11)16(17)18/h3-6,12,14H,2,7-10H2,1H3. The Balaban J connectivity index is 1.98. The molecule has 1 heterocycles. The number of para-hydroxylation sites is 1. The van der Waals surface area contributed by atoms with Gasteiger partial charge in [-0.25, -0.2) is 0 Å². The van der Waals surface area contributed by atoms with E-state index in [0.29, 0.717) is 6.04 Å². The number of nitrogens with zero attached hydrogens (tertiary/aromatic N) is 2. The lowest BCUT2D eigenvalue weighted by molar-refractivity contribution is -0.385. The topological polar surface area (TPSA) is 58.4 Å². The Morgan fingerprint density at radius 2 is 2.17 bits per heavy atom. The number of rotatable bonds is 6. The zero-order valence-electron chi connectivity index (χ0n) is 10.6. The number of hydrogen-bond donors (Lipinski definition) is 1. The lowest BCUT2D eigenvalue weighted by Gasteiger charge is -2.37.